The summed E-state index contributed by atoms with van der Waals surface area (Å²) in [5.41, 5.74) is 0. The summed E-state index contributed by atoms with van der Waals surface area (Å²) in [7, 11) is 0. The quantitative estimate of drug-likeness (QED) is 0.577. The van der Waals surface area contributed by atoms with E-state index in [1.165, 1.54) is 32.1 Å². The number of hydrogen-bond donors (Lipinski definition) is 1. The number of ether oxygens (including phenoxy) is 1. The average Bonchev–Trinajstić information content (AvgIpc) is 2.85. The lowest BCUT2D eigenvalue weighted by Crippen LogP contribution is -2.38. The van der Waals surface area contributed by atoms with E-state index in [4.69, 9.17) is 4.74 Å². The highest BCUT2D eigenvalue weighted by Gasteiger charge is 2.28. The number of carbonyl (C=O) groups excluding carboxylic acids is 3. The minimum absolute atomic E-state index is 0.0327. The molecule has 21 heavy (non-hydrogen) atoms. The number of nitrogens with one attached hydrogen (secondary N) is 1. The number of cyclic esters (lactones) is 1. The van der Waals surface area contributed by atoms with Gasteiger partial charge in [0.2, 0.25) is 5.91 Å². The van der Waals surface area contributed by atoms with Crippen LogP contribution in [0.2, 0.25) is 0 Å². The molecule has 2 aliphatic rings. The van der Waals surface area contributed by atoms with Crippen LogP contribution in [0.15, 0.2) is 0 Å². The summed E-state index contributed by atoms with van der Waals surface area (Å²) in [5.74, 6) is -0.0158. The van der Waals surface area contributed by atoms with E-state index in [2.05, 4.69) is 5.32 Å². The summed E-state index contributed by atoms with van der Waals surface area (Å²) in [4.78, 5) is 34.7. The van der Waals surface area contributed by atoms with E-state index in [1.54, 1.807) is 0 Å². The van der Waals surface area contributed by atoms with Gasteiger partial charge in [-0.15, -0.1) is 0 Å². The number of rotatable bonds is 7. The molecule has 0 bridgehead atoms. The van der Waals surface area contributed by atoms with E-state index < -0.39 is 12.0 Å². The standard InChI is InChI=1S/C16H25NO4/c18-13(8-4-7-12-5-2-1-3-6-12)11-15(19)17-14-9-10-21-16(14)20/h12,14H,1-11H2,(H,17,19)/t14-/m0/s1. The lowest BCUT2D eigenvalue weighted by atomic mass is 9.85. The third-order valence-electron chi connectivity index (χ3n) is 4.42. The highest BCUT2D eigenvalue weighted by molar-refractivity contribution is 5.99. The average molecular weight is 295 g/mol. The van der Waals surface area contributed by atoms with Crippen molar-refractivity contribution >= 4 is 17.7 Å². The van der Waals surface area contributed by atoms with Crippen LogP contribution in [0.3, 0.4) is 0 Å². The Balaban J connectivity index is 1.57. The first-order valence-electron chi connectivity index (χ1n) is 8.13. The van der Waals surface area contributed by atoms with Crippen molar-refractivity contribution in [1.29, 1.82) is 0 Å². The fraction of sp³-hybridized carbons (Fsp3) is 0.812. The van der Waals surface area contributed by atoms with Crippen LogP contribution in [0.5, 0.6) is 0 Å². The number of hydrogen-bond acceptors (Lipinski definition) is 4. The zero-order valence-electron chi connectivity index (χ0n) is 12.6. The first-order valence-corrected chi connectivity index (χ1v) is 8.13. The summed E-state index contributed by atoms with van der Waals surface area (Å²) in [6.07, 6.45) is 9.39. The maximum Gasteiger partial charge on any atom is 0.328 e. The summed E-state index contributed by atoms with van der Waals surface area (Å²) in [6.45, 7) is 0.346. The molecule has 0 spiro atoms. The number of ketones is 1. The van der Waals surface area contributed by atoms with Gasteiger partial charge in [-0.1, -0.05) is 38.5 Å². The molecule has 1 N–H and O–H groups in total. The molecule has 1 heterocycles. The molecule has 1 saturated heterocycles. The minimum Gasteiger partial charge on any atom is -0.464 e. The van der Waals surface area contributed by atoms with Gasteiger partial charge in [-0.2, -0.15) is 0 Å². The molecule has 1 saturated carbocycles. The largest absolute Gasteiger partial charge is 0.464 e. The molecule has 0 aromatic heterocycles. The monoisotopic (exact) mass is 295 g/mol. The normalized spacial score (nSPS) is 22.9. The van der Waals surface area contributed by atoms with Crippen LogP contribution < -0.4 is 5.32 Å². The van der Waals surface area contributed by atoms with Gasteiger partial charge in [0.25, 0.3) is 0 Å². The van der Waals surface area contributed by atoms with Crippen LogP contribution in [-0.2, 0) is 19.1 Å². The van der Waals surface area contributed by atoms with Crippen molar-refractivity contribution in [2.24, 2.45) is 5.92 Å². The number of amides is 1. The Morgan fingerprint density at radius 3 is 2.57 bits per heavy atom. The van der Waals surface area contributed by atoms with Crippen molar-refractivity contribution in [2.75, 3.05) is 6.61 Å². The zero-order chi connectivity index (χ0) is 15.1. The summed E-state index contributed by atoms with van der Waals surface area (Å²) >= 11 is 0. The Kier molecular flexibility index (Phi) is 6.21. The smallest absolute Gasteiger partial charge is 0.328 e. The van der Waals surface area contributed by atoms with Crippen molar-refractivity contribution in [3.63, 3.8) is 0 Å². The lowest BCUT2D eigenvalue weighted by molar-refractivity contribution is -0.142. The van der Waals surface area contributed by atoms with Crippen LogP contribution in [0.4, 0.5) is 0 Å². The molecule has 1 atom stereocenters. The zero-order valence-corrected chi connectivity index (χ0v) is 12.6. The molecule has 0 radical (unpaired) electrons. The molecule has 0 unspecified atom stereocenters. The highest BCUT2D eigenvalue weighted by atomic mass is 16.5. The maximum absolute atomic E-state index is 11.8. The topological polar surface area (TPSA) is 72.5 Å². The van der Waals surface area contributed by atoms with Crippen LogP contribution in [0, 0.1) is 5.92 Å². The second kappa shape index (κ2) is 8.15. The van der Waals surface area contributed by atoms with Gasteiger partial charge in [0.1, 0.15) is 11.8 Å². The van der Waals surface area contributed by atoms with Crippen molar-refractivity contribution < 1.29 is 19.1 Å². The molecular formula is C16H25NO4. The number of esters is 1. The third-order valence-corrected chi connectivity index (χ3v) is 4.42. The number of Topliss-reactive ketones (excluding diaryl/α,β-unsaturated/α-hetero) is 1. The molecule has 1 aliphatic carbocycles. The van der Waals surface area contributed by atoms with Gasteiger partial charge >= 0.3 is 5.97 Å². The van der Waals surface area contributed by atoms with Crippen molar-refractivity contribution in [3.8, 4) is 0 Å². The second-order valence-electron chi connectivity index (χ2n) is 6.19. The highest BCUT2D eigenvalue weighted by Crippen LogP contribution is 2.27. The number of carbonyl (C=O) groups is 3. The van der Waals surface area contributed by atoms with E-state index in [0.717, 1.165) is 18.8 Å². The second-order valence-corrected chi connectivity index (χ2v) is 6.19. The maximum atomic E-state index is 11.8. The van der Waals surface area contributed by atoms with Gasteiger partial charge in [0.05, 0.1) is 13.0 Å². The minimum atomic E-state index is -0.562. The van der Waals surface area contributed by atoms with Gasteiger partial charge in [-0.05, 0) is 12.3 Å². The summed E-state index contributed by atoms with van der Waals surface area (Å²) in [5, 5.41) is 2.57. The third kappa shape index (κ3) is 5.48. The van der Waals surface area contributed by atoms with Gasteiger partial charge < -0.3 is 10.1 Å². The van der Waals surface area contributed by atoms with Crippen LogP contribution in [0.25, 0.3) is 0 Å². The Morgan fingerprint density at radius 2 is 1.90 bits per heavy atom. The van der Waals surface area contributed by atoms with Gasteiger partial charge in [-0.25, -0.2) is 4.79 Å². The molecule has 1 amide bonds. The first kappa shape index (κ1) is 16.0. The predicted octanol–water partition coefficient (Wildman–Crippen LogP) is 2.13. The summed E-state index contributed by atoms with van der Waals surface area (Å²) < 4.78 is 4.76. The molecule has 0 aromatic carbocycles. The first-order chi connectivity index (χ1) is 10.1. The Morgan fingerprint density at radius 1 is 1.14 bits per heavy atom. The Hall–Kier alpha value is -1.39. The van der Waals surface area contributed by atoms with Crippen molar-refractivity contribution in [1.82, 2.24) is 5.32 Å². The molecular weight excluding hydrogens is 270 g/mol. The van der Waals surface area contributed by atoms with E-state index in [-0.39, 0.29) is 18.1 Å². The molecule has 2 rings (SSSR count). The summed E-state index contributed by atoms with van der Waals surface area (Å²) in [6, 6.07) is -0.562. The van der Waals surface area contributed by atoms with Gasteiger partial charge in [-0.3, -0.25) is 9.59 Å². The molecule has 5 nitrogen and oxygen atoms in total. The molecule has 118 valence electrons. The van der Waals surface area contributed by atoms with Gasteiger partial charge in [0.15, 0.2) is 0 Å². The SMILES string of the molecule is O=C(CCCC1CCCCC1)CC(=O)N[C@H]1CCOC1=O. The van der Waals surface area contributed by atoms with Crippen molar-refractivity contribution in [3.05, 3.63) is 0 Å². The molecule has 0 aromatic rings. The predicted molar refractivity (Wildman–Crippen MR) is 77.6 cm³/mol. The van der Waals surface area contributed by atoms with Gasteiger partial charge in [0, 0.05) is 12.8 Å². The van der Waals surface area contributed by atoms with Crippen LogP contribution >= 0.6 is 0 Å². The Bertz CT molecular complexity index is 388. The van der Waals surface area contributed by atoms with Crippen LogP contribution in [-0.4, -0.2) is 30.3 Å². The fourth-order valence-corrected chi connectivity index (χ4v) is 3.20. The van der Waals surface area contributed by atoms with E-state index >= 15 is 0 Å². The van der Waals surface area contributed by atoms with Crippen molar-refractivity contribution in [2.45, 2.75) is 70.3 Å². The molecule has 5 heteroatoms. The van der Waals surface area contributed by atoms with E-state index in [0.29, 0.717) is 19.4 Å². The molecule has 1 aliphatic heterocycles. The van der Waals surface area contributed by atoms with Crippen LogP contribution in [0.1, 0.15) is 64.2 Å². The molecule has 2 fully saturated rings. The Labute approximate surface area is 125 Å². The fourth-order valence-electron chi connectivity index (χ4n) is 3.20. The van der Waals surface area contributed by atoms with E-state index in [1.807, 2.05) is 0 Å². The lowest BCUT2D eigenvalue weighted by Gasteiger charge is -2.21. The van der Waals surface area contributed by atoms with E-state index in [9.17, 15) is 14.4 Å².